The summed E-state index contributed by atoms with van der Waals surface area (Å²) < 4.78 is 7.99. The zero-order valence-corrected chi connectivity index (χ0v) is 21.0. The highest BCUT2D eigenvalue weighted by Gasteiger charge is 2.36. The number of aryl methyl sites for hydroxylation is 1. The van der Waals surface area contributed by atoms with Gasteiger partial charge in [-0.2, -0.15) is 5.10 Å². The molecular formula is C27H29ClN6O2. The van der Waals surface area contributed by atoms with Crippen molar-refractivity contribution in [2.45, 2.75) is 31.4 Å². The molecule has 5 heterocycles. The van der Waals surface area contributed by atoms with Gasteiger partial charge in [-0.15, -0.1) is 0 Å². The first kappa shape index (κ1) is 23.1. The predicted octanol–water partition coefficient (Wildman–Crippen LogP) is 4.35. The van der Waals surface area contributed by atoms with Crippen LogP contribution in [0, 0.1) is 0 Å². The van der Waals surface area contributed by atoms with E-state index in [4.69, 9.17) is 16.3 Å². The van der Waals surface area contributed by atoms with Gasteiger partial charge in [-0.05, 0) is 48.2 Å². The third kappa shape index (κ3) is 4.14. The Balaban J connectivity index is 1.17. The molecule has 0 saturated carbocycles. The molecule has 36 heavy (non-hydrogen) atoms. The molecule has 3 aliphatic rings. The summed E-state index contributed by atoms with van der Waals surface area (Å²) in [6.45, 7) is 7.57. The Hall–Kier alpha value is -3.36. The van der Waals surface area contributed by atoms with Gasteiger partial charge in [0.25, 0.3) is 0 Å². The summed E-state index contributed by atoms with van der Waals surface area (Å²) >= 11 is 6.73. The Morgan fingerprint density at radius 3 is 2.81 bits per heavy atom. The fraction of sp³-hybridized carbons (Fsp3) is 0.370. The highest BCUT2D eigenvalue weighted by molar-refractivity contribution is 6.32. The van der Waals surface area contributed by atoms with Crippen LogP contribution in [0.2, 0.25) is 5.02 Å². The number of carbonyl (C=O) groups is 1. The van der Waals surface area contributed by atoms with E-state index in [-0.39, 0.29) is 5.91 Å². The third-order valence-corrected chi connectivity index (χ3v) is 7.88. The lowest BCUT2D eigenvalue weighted by Crippen LogP contribution is -2.54. The van der Waals surface area contributed by atoms with Gasteiger partial charge in [0, 0.05) is 68.7 Å². The highest BCUT2D eigenvalue weighted by atomic mass is 35.5. The molecule has 186 valence electrons. The van der Waals surface area contributed by atoms with Crippen molar-refractivity contribution in [3.05, 3.63) is 65.6 Å². The summed E-state index contributed by atoms with van der Waals surface area (Å²) in [6.07, 6.45) is 9.07. The number of hydrogen-bond acceptors (Lipinski definition) is 6. The standard InChI is InChI=1S/C27H29ClN6O2/c1-3-25(35)33-8-5-20(6-9-33)34-14-19(15-34)17-10-23(28)26-24(11-17)31-27-22(16-36-26)21(4-7-29-27)18-12-30-32(2)13-18/h3-4,7,10-13,19-20H,1,5-6,8-9,14-16H2,2H3,(H,29,31). The number of likely N-dealkylation sites (tertiary alicyclic amines) is 2. The second-order valence-corrected chi connectivity index (χ2v) is 10.2. The highest BCUT2D eigenvalue weighted by Crippen LogP contribution is 2.44. The molecule has 8 nitrogen and oxygen atoms in total. The summed E-state index contributed by atoms with van der Waals surface area (Å²) in [5, 5.41) is 8.41. The van der Waals surface area contributed by atoms with Crippen molar-refractivity contribution in [2.24, 2.45) is 7.05 Å². The first-order valence-electron chi connectivity index (χ1n) is 12.4. The maximum Gasteiger partial charge on any atom is 0.245 e. The molecule has 9 heteroatoms. The van der Waals surface area contributed by atoms with Crippen LogP contribution >= 0.6 is 11.6 Å². The van der Waals surface area contributed by atoms with Crippen LogP contribution in [0.4, 0.5) is 11.5 Å². The number of rotatable bonds is 4. The van der Waals surface area contributed by atoms with Crippen molar-refractivity contribution >= 4 is 29.0 Å². The number of benzene rings is 1. The smallest absolute Gasteiger partial charge is 0.245 e. The minimum absolute atomic E-state index is 0.0351. The topological polar surface area (TPSA) is 75.5 Å². The first-order chi connectivity index (χ1) is 17.5. The molecule has 1 amide bonds. The Morgan fingerprint density at radius 2 is 2.08 bits per heavy atom. The zero-order valence-electron chi connectivity index (χ0n) is 20.3. The van der Waals surface area contributed by atoms with Gasteiger partial charge < -0.3 is 15.0 Å². The molecule has 1 aromatic carbocycles. The molecule has 0 spiro atoms. The zero-order chi connectivity index (χ0) is 24.8. The number of nitrogens with zero attached hydrogens (tertiary/aromatic N) is 5. The van der Waals surface area contributed by atoms with Crippen LogP contribution in [0.3, 0.4) is 0 Å². The van der Waals surface area contributed by atoms with Gasteiger partial charge in [0.15, 0.2) is 5.75 Å². The largest absolute Gasteiger partial charge is 0.485 e. The van der Waals surface area contributed by atoms with Gasteiger partial charge in [-0.25, -0.2) is 4.98 Å². The predicted molar refractivity (Wildman–Crippen MR) is 140 cm³/mol. The molecule has 3 aliphatic heterocycles. The van der Waals surface area contributed by atoms with Crippen molar-refractivity contribution in [3.63, 3.8) is 0 Å². The van der Waals surface area contributed by atoms with Crippen molar-refractivity contribution in [3.8, 4) is 16.9 Å². The minimum Gasteiger partial charge on any atom is -0.485 e. The Kier molecular flexibility index (Phi) is 5.93. The monoisotopic (exact) mass is 504 g/mol. The van der Waals surface area contributed by atoms with Crippen LogP contribution in [0.25, 0.3) is 11.1 Å². The lowest BCUT2D eigenvalue weighted by Gasteiger charge is -2.47. The van der Waals surface area contributed by atoms with Crippen LogP contribution in [0.15, 0.2) is 49.4 Å². The average molecular weight is 505 g/mol. The summed E-state index contributed by atoms with van der Waals surface area (Å²) in [5.74, 6) is 1.89. The van der Waals surface area contributed by atoms with Gasteiger partial charge in [-0.3, -0.25) is 14.4 Å². The number of fused-ring (bicyclic) bond motifs is 2. The van der Waals surface area contributed by atoms with Crippen LogP contribution in [-0.4, -0.2) is 62.7 Å². The molecular weight excluding hydrogens is 476 g/mol. The summed E-state index contributed by atoms with van der Waals surface area (Å²) in [5.41, 5.74) is 5.10. The molecule has 0 radical (unpaired) electrons. The van der Waals surface area contributed by atoms with Crippen LogP contribution < -0.4 is 10.1 Å². The van der Waals surface area contributed by atoms with Crippen LogP contribution in [0.1, 0.15) is 29.9 Å². The number of pyridine rings is 1. The molecule has 2 fully saturated rings. The molecule has 1 N–H and O–H groups in total. The summed E-state index contributed by atoms with van der Waals surface area (Å²) in [6, 6.07) is 6.71. The summed E-state index contributed by atoms with van der Waals surface area (Å²) in [7, 11) is 1.91. The molecule has 6 rings (SSSR count). The number of hydrogen-bond donors (Lipinski definition) is 1. The molecule has 3 aromatic rings. The number of piperidine rings is 1. The number of ether oxygens (including phenoxy) is 1. The number of nitrogens with one attached hydrogen (secondary N) is 1. The molecule has 0 aliphatic carbocycles. The second kappa shape index (κ2) is 9.26. The second-order valence-electron chi connectivity index (χ2n) is 9.79. The Bertz CT molecular complexity index is 1320. The van der Waals surface area contributed by atoms with Gasteiger partial charge in [0.2, 0.25) is 5.91 Å². The Labute approximate surface area is 215 Å². The van der Waals surface area contributed by atoms with E-state index in [2.05, 4.69) is 32.9 Å². The van der Waals surface area contributed by atoms with E-state index in [1.165, 1.54) is 11.6 Å². The van der Waals surface area contributed by atoms with E-state index in [9.17, 15) is 4.79 Å². The van der Waals surface area contributed by atoms with Gasteiger partial charge >= 0.3 is 0 Å². The fourth-order valence-electron chi connectivity index (χ4n) is 5.54. The van der Waals surface area contributed by atoms with E-state index < -0.39 is 0 Å². The quantitative estimate of drug-likeness (QED) is 0.532. The van der Waals surface area contributed by atoms with Gasteiger partial charge in [0.05, 0.1) is 16.9 Å². The van der Waals surface area contributed by atoms with Crippen molar-refractivity contribution in [1.29, 1.82) is 0 Å². The molecule has 0 unspecified atom stereocenters. The third-order valence-electron chi connectivity index (χ3n) is 7.60. The molecule has 0 atom stereocenters. The van der Waals surface area contributed by atoms with E-state index in [0.29, 0.717) is 29.3 Å². The maximum atomic E-state index is 11.9. The molecule has 2 aromatic heterocycles. The van der Waals surface area contributed by atoms with E-state index in [0.717, 1.165) is 67.2 Å². The molecule has 2 saturated heterocycles. The SMILES string of the molecule is C=CC(=O)N1CCC(N2CC(c3cc(Cl)c4c(c3)Nc3nccc(-c5cnn(C)c5)c3CO4)C2)CC1. The van der Waals surface area contributed by atoms with Crippen molar-refractivity contribution < 1.29 is 9.53 Å². The fourth-order valence-corrected chi connectivity index (χ4v) is 5.82. The maximum absolute atomic E-state index is 11.9. The van der Waals surface area contributed by atoms with Crippen molar-refractivity contribution in [2.75, 3.05) is 31.5 Å². The van der Waals surface area contributed by atoms with E-state index in [1.54, 1.807) is 4.68 Å². The lowest BCUT2D eigenvalue weighted by atomic mass is 9.87. The van der Waals surface area contributed by atoms with E-state index in [1.807, 2.05) is 42.7 Å². The average Bonchev–Trinajstić information content (AvgIpc) is 3.19. The number of amides is 1. The van der Waals surface area contributed by atoms with Crippen LogP contribution in [-0.2, 0) is 18.4 Å². The number of anilines is 2. The summed E-state index contributed by atoms with van der Waals surface area (Å²) in [4.78, 5) is 20.9. The number of carbonyl (C=O) groups excluding carboxylic acids is 1. The molecule has 0 bridgehead atoms. The number of aromatic nitrogens is 3. The van der Waals surface area contributed by atoms with Gasteiger partial charge in [0.1, 0.15) is 12.4 Å². The van der Waals surface area contributed by atoms with E-state index >= 15 is 0 Å². The van der Waals surface area contributed by atoms with Crippen LogP contribution in [0.5, 0.6) is 5.75 Å². The van der Waals surface area contributed by atoms with Crippen molar-refractivity contribution in [1.82, 2.24) is 24.6 Å². The first-order valence-corrected chi connectivity index (χ1v) is 12.7. The Morgan fingerprint density at radius 1 is 1.28 bits per heavy atom. The van der Waals surface area contributed by atoms with Gasteiger partial charge in [-0.1, -0.05) is 18.2 Å². The normalized spacial score (nSPS) is 18.3. The number of halogens is 1. The lowest BCUT2D eigenvalue weighted by molar-refractivity contribution is -0.127. The minimum atomic E-state index is 0.0351.